The van der Waals surface area contributed by atoms with Gasteiger partial charge in [-0.2, -0.15) is 0 Å². The summed E-state index contributed by atoms with van der Waals surface area (Å²) in [5, 5.41) is 4.13. The molecule has 1 aliphatic heterocycles. The van der Waals surface area contributed by atoms with Crippen LogP contribution in [0.2, 0.25) is 0 Å². The number of fused-ring (bicyclic) bond motifs is 3. The number of nitrogens with zero attached hydrogens (tertiary/aromatic N) is 3. The van der Waals surface area contributed by atoms with E-state index in [0.717, 1.165) is 53.9 Å². The van der Waals surface area contributed by atoms with E-state index >= 15 is 0 Å². The lowest BCUT2D eigenvalue weighted by Crippen LogP contribution is -2.44. The summed E-state index contributed by atoms with van der Waals surface area (Å²) in [6, 6.07) is 4.71. The number of piperazine rings is 1. The minimum absolute atomic E-state index is 0.249. The van der Waals surface area contributed by atoms with Gasteiger partial charge in [0.15, 0.2) is 5.82 Å². The molecule has 0 unspecified atom stereocenters. The first kappa shape index (κ1) is 11.6. The number of hydrogen-bond acceptors (Lipinski definition) is 4. The van der Waals surface area contributed by atoms with Gasteiger partial charge in [-0.25, -0.2) is 14.4 Å². The largest absolute Gasteiger partial charge is 0.352 e. The highest BCUT2D eigenvalue weighted by atomic mass is 19.1. The molecule has 102 valence electrons. The topological polar surface area (TPSA) is 56.8 Å². The van der Waals surface area contributed by atoms with Crippen LogP contribution < -0.4 is 10.2 Å². The van der Waals surface area contributed by atoms with Gasteiger partial charge in [0.05, 0.1) is 0 Å². The molecule has 0 atom stereocenters. The lowest BCUT2D eigenvalue weighted by atomic mass is 10.2. The van der Waals surface area contributed by atoms with Crippen molar-refractivity contribution < 1.29 is 4.39 Å². The molecule has 4 rings (SSSR count). The molecule has 3 aromatic rings. The van der Waals surface area contributed by atoms with Gasteiger partial charge >= 0.3 is 0 Å². The highest BCUT2D eigenvalue weighted by molar-refractivity contribution is 6.08. The molecule has 0 spiro atoms. The van der Waals surface area contributed by atoms with Gasteiger partial charge in [0.1, 0.15) is 23.2 Å². The molecule has 20 heavy (non-hydrogen) atoms. The molecule has 3 heterocycles. The summed E-state index contributed by atoms with van der Waals surface area (Å²) in [6.07, 6.45) is 1.55. The Labute approximate surface area is 114 Å². The molecule has 0 bridgehead atoms. The molecule has 6 heteroatoms. The van der Waals surface area contributed by atoms with Crippen molar-refractivity contribution in [1.82, 2.24) is 20.3 Å². The quantitative estimate of drug-likeness (QED) is 0.707. The first-order chi connectivity index (χ1) is 9.83. The summed E-state index contributed by atoms with van der Waals surface area (Å²) in [7, 11) is 0. The maximum absolute atomic E-state index is 13.4. The Balaban J connectivity index is 1.95. The van der Waals surface area contributed by atoms with Crippen molar-refractivity contribution in [2.45, 2.75) is 0 Å². The third-order valence-electron chi connectivity index (χ3n) is 3.74. The Morgan fingerprint density at radius 2 is 2.00 bits per heavy atom. The van der Waals surface area contributed by atoms with Gasteiger partial charge < -0.3 is 15.2 Å². The van der Waals surface area contributed by atoms with Crippen LogP contribution in [0.15, 0.2) is 24.5 Å². The van der Waals surface area contributed by atoms with Crippen LogP contribution in [0.1, 0.15) is 0 Å². The molecule has 1 aliphatic rings. The fraction of sp³-hybridized carbons (Fsp3) is 0.286. The number of hydrogen-bond donors (Lipinski definition) is 2. The zero-order chi connectivity index (χ0) is 13.5. The summed E-state index contributed by atoms with van der Waals surface area (Å²) >= 11 is 0. The second-order valence-electron chi connectivity index (χ2n) is 4.97. The molecular weight excluding hydrogens is 257 g/mol. The van der Waals surface area contributed by atoms with E-state index in [1.165, 1.54) is 12.1 Å². The van der Waals surface area contributed by atoms with E-state index in [0.29, 0.717) is 0 Å². The van der Waals surface area contributed by atoms with E-state index in [-0.39, 0.29) is 5.82 Å². The van der Waals surface area contributed by atoms with Crippen molar-refractivity contribution in [1.29, 1.82) is 0 Å². The van der Waals surface area contributed by atoms with Crippen LogP contribution in [0.3, 0.4) is 0 Å². The van der Waals surface area contributed by atoms with Crippen molar-refractivity contribution in [3.05, 3.63) is 30.3 Å². The number of nitrogens with one attached hydrogen (secondary N) is 2. The number of rotatable bonds is 1. The van der Waals surface area contributed by atoms with E-state index in [4.69, 9.17) is 0 Å². The average molecular weight is 271 g/mol. The van der Waals surface area contributed by atoms with Crippen molar-refractivity contribution >= 4 is 27.8 Å². The zero-order valence-electron chi connectivity index (χ0n) is 10.9. The Bertz CT molecular complexity index is 776. The molecule has 1 aromatic carbocycles. The van der Waals surface area contributed by atoms with Crippen molar-refractivity contribution in [3.63, 3.8) is 0 Å². The van der Waals surface area contributed by atoms with Gasteiger partial charge in [-0.15, -0.1) is 0 Å². The molecule has 2 aromatic heterocycles. The number of aromatic amines is 1. The van der Waals surface area contributed by atoms with Crippen molar-refractivity contribution in [2.24, 2.45) is 0 Å². The van der Waals surface area contributed by atoms with E-state index in [9.17, 15) is 4.39 Å². The smallest absolute Gasteiger partial charge is 0.156 e. The van der Waals surface area contributed by atoms with Gasteiger partial charge in [-0.1, -0.05) is 0 Å². The second kappa shape index (κ2) is 4.42. The first-order valence-corrected chi connectivity index (χ1v) is 6.70. The Morgan fingerprint density at radius 3 is 2.85 bits per heavy atom. The summed E-state index contributed by atoms with van der Waals surface area (Å²) < 4.78 is 13.4. The average Bonchev–Trinajstić information content (AvgIpc) is 2.86. The molecule has 0 radical (unpaired) electrons. The molecule has 5 nitrogen and oxygen atoms in total. The molecular formula is C14H14FN5. The summed E-state index contributed by atoms with van der Waals surface area (Å²) in [4.78, 5) is 14.3. The molecule has 2 N–H and O–H groups in total. The highest BCUT2D eigenvalue weighted by Crippen LogP contribution is 2.29. The maximum Gasteiger partial charge on any atom is 0.156 e. The third kappa shape index (κ3) is 1.72. The van der Waals surface area contributed by atoms with E-state index in [2.05, 4.69) is 25.2 Å². The number of anilines is 1. The number of benzene rings is 1. The SMILES string of the molecule is Fc1ccc2[nH]c3c(N4CCNCC4)ncnc3c2c1. The fourth-order valence-corrected chi connectivity index (χ4v) is 2.77. The fourth-order valence-electron chi connectivity index (χ4n) is 2.77. The maximum atomic E-state index is 13.4. The predicted octanol–water partition coefficient (Wildman–Crippen LogP) is 1.66. The normalized spacial score (nSPS) is 16.1. The molecule has 0 aliphatic carbocycles. The molecule has 1 saturated heterocycles. The van der Waals surface area contributed by atoms with Crippen LogP contribution in [0.25, 0.3) is 21.9 Å². The van der Waals surface area contributed by atoms with E-state index in [1.54, 1.807) is 12.4 Å². The van der Waals surface area contributed by atoms with Gasteiger partial charge in [0.25, 0.3) is 0 Å². The minimum Gasteiger partial charge on any atom is -0.352 e. The van der Waals surface area contributed by atoms with Gasteiger partial charge in [0, 0.05) is 37.1 Å². The second-order valence-corrected chi connectivity index (χ2v) is 4.97. The van der Waals surface area contributed by atoms with Gasteiger partial charge in [0.2, 0.25) is 0 Å². The Kier molecular flexibility index (Phi) is 2.56. The van der Waals surface area contributed by atoms with Crippen LogP contribution in [0.5, 0.6) is 0 Å². The van der Waals surface area contributed by atoms with E-state index < -0.39 is 0 Å². The van der Waals surface area contributed by atoms with E-state index in [1.807, 2.05) is 0 Å². The highest BCUT2D eigenvalue weighted by Gasteiger charge is 2.17. The Morgan fingerprint density at radius 1 is 1.15 bits per heavy atom. The summed E-state index contributed by atoms with van der Waals surface area (Å²) in [6.45, 7) is 3.71. The van der Waals surface area contributed by atoms with Crippen LogP contribution in [0.4, 0.5) is 10.2 Å². The third-order valence-corrected chi connectivity index (χ3v) is 3.74. The minimum atomic E-state index is -0.249. The predicted molar refractivity (Wildman–Crippen MR) is 76.4 cm³/mol. The van der Waals surface area contributed by atoms with Gasteiger partial charge in [-0.05, 0) is 18.2 Å². The number of H-pyrrole nitrogens is 1. The van der Waals surface area contributed by atoms with Crippen LogP contribution >= 0.6 is 0 Å². The van der Waals surface area contributed by atoms with Crippen molar-refractivity contribution in [3.8, 4) is 0 Å². The monoisotopic (exact) mass is 271 g/mol. The lowest BCUT2D eigenvalue weighted by Gasteiger charge is -2.28. The van der Waals surface area contributed by atoms with Gasteiger partial charge in [-0.3, -0.25) is 0 Å². The number of halogens is 1. The molecule has 1 fully saturated rings. The Hall–Kier alpha value is -2.21. The summed E-state index contributed by atoms with van der Waals surface area (Å²) in [5.41, 5.74) is 2.55. The number of aromatic nitrogens is 3. The van der Waals surface area contributed by atoms with Crippen LogP contribution in [-0.2, 0) is 0 Å². The zero-order valence-corrected chi connectivity index (χ0v) is 10.9. The lowest BCUT2D eigenvalue weighted by molar-refractivity contribution is 0.586. The molecule has 0 saturated carbocycles. The standard InChI is InChI=1S/C14H14FN5/c15-9-1-2-11-10(7-9)12-13(19-11)14(18-8-17-12)20-5-3-16-4-6-20/h1-2,7-8,16,19H,3-6H2. The molecule has 0 amide bonds. The van der Waals surface area contributed by atoms with Crippen LogP contribution in [0, 0.1) is 5.82 Å². The summed E-state index contributed by atoms with van der Waals surface area (Å²) in [5.74, 6) is 0.647. The van der Waals surface area contributed by atoms with Crippen molar-refractivity contribution in [2.75, 3.05) is 31.1 Å². The first-order valence-electron chi connectivity index (χ1n) is 6.70. The van der Waals surface area contributed by atoms with Crippen LogP contribution in [-0.4, -0.2) is 41.1 Å².